The number of aromatic amines is 1. The molecule has 0 saturated carbocycles. The SMILES string of the molecule is COc1cccc(/C=N\n2c(Cc3cccs3)n[nH]c2=S)c1OCc1ccccc1. The van der Waals surface area contributed by atoms with E-state index in [9.17, 15) is 0 Å². The van der Waals surface area contributed by atoms with Gasteiger partial charge >= 0.3 is 0 Å². The normalized spacial score (nSPS) is 11.1. The van der Waals surface area contributed by atoms with E-state index < -0.39 is 0 Å². The molecule has 2 aromatic carbocycles. The number of para-hydroxylation sites is 1. The zero-order chi connectivity index (χ0) is 20.8. The number of aromatic nitrogens is 3. The Labute approximate surface area is 183 Å². The molecule has 4 rings (SSSR count). The first-order valence-electron chi connectivity index (χ1n) is 9.31. The van der Waals surface area contributed by atoms with Crippen molar-refractivity contribution in [2.45, 2.75) is 13.0 Å². The minimum Gasteiger partial charge on any atom is -0.493 e. The number of H-pyrrole nitrogens is 1. The van der Waals surface area contributed by atoms with Crippen LogP contribution in [0.15, 0.2) is 71.1 Å². The topological polar surface area (TPSA) is 64.4 Å². The van der Waals surface area contributed by atoms with Gasteiger partial charge in [0.15, 0.2) is 17.3 Å². The molecule has 6 nitrogen and oxygen atoms in total. The number of ether oxygens (including phenoxy) is 2. The molecule has 0 unspecified atom stereocenters. The maximum atomic E-state index is 6.09. The lowest BCUT2D eigenvalue weighted by atomic mass is 10.2. The van der Waals surface area contributed by atoms with Crippen LogP contribution in [-0.4, -0.2) is 28.2 Å². The van der Waals surface area contributed by atoms with Crippen molar-refractivity contribution < 1.29 is 9.47 Å². The van der Waals surface area contributed by atoms with Gasteiger partial charge < -0.3 is 9.47 Å². The summed E-state index contributed by atoms with van der Waals surface area (Å²) in [6.07, 6.45) is 2.36. The Morgan fingerprint density at radius 2 is 2.00 bits per heavy atom. The van der Waals surface area contributed by atoms with Crippen LogP contribution in [-0.2, 0) is 13.0 Å². The van der Waals surface area contributed by atoms with Crippen LogP contribution in [0, 0.1) is 4.77 Å². The van der Waals surface area contributed by atoms with Crippen molar-refractivity contribution in [2.24, 2.45) is 5.10 Å². The van der Waals surface area contributed by atoms with E-state index in [0.717, 1.165) is 17.0 Å². The van der Waals surface area contributed by atoms with E-state index in [4.69, 9.17) is 21.7 Å². The molecule has 0 aliphatic carbocycles. The summed E-state index contributed by atoms with van der Waals surface area (Å²) in [4.78, 5) is 1.19. The molecule has 0 spiro atoms. The van der Waals surface area contributed by atoms with E-state index in [2.05, 4.69) is 21.4 Å². The minimum atomic E-state index is 0.427. The van der Waals surface area contributed by atoms with Gasteiger partial charge in [-0.15, -0.1) is 11.3 Å². The van der Waals surface area contributed by atoms with Crippen LogP contribution in [0.2, 0.25) is 0 Å². The van der Waals surface area contributed by atoms with Gasteiger partial charge in [-0.25, -0.2) is 0 Å². The Balaban J connectivity index is 1.61. The van der Waals surface area contributed by atoms with Crippen LogP contribution in [0.4, 0.5) is 0 Å². The average Bonchev–Trinajstić information content (AvgIpc) is 3.42. The summed E-state index contributed by atoms with van der Waals surface area (Å²) < 4.78 is 13.7. The number of rotatable bonds is 8. The molecule has 0 bridgehead atoms. The standard InChI is InChI=1S/C22H20N4O2S2/c1-27-19-11-5-9-17(21(19)28-15-16-7-3-2-4-8-16)14-23-26-20(24-25-22(26)29)13-18-10-6-12-30-18/h2-12,14H,13,15H2,1H3,(H,25,29)/b23-14-. The molecule has 2 aromatic heterocycles. The van der Waals surface area contributed by atoms with E-state index in [1.165, 1.54) is 4.88 Å². The fourth-order valence-electron chi connectivity index (χ4n) is 2.93. The number of nitrogens with zero attached hydrogens (tertiary/aromatic N) is 3. The second kappa shape index (κ2) is 9.51. The van der Waals surface area contributed by atoms with Crippen molar-refractivity contribution in [3.05, 3.63) is 92.6 Å². The molecule has 152 valence electrons. The first kappa shape index (κ1) is 20.1. The first-order chi connectivity index (χ1) is 14.7. The van der Waals surface area contributed by atoms with Gasteiger partial charge in [0, 0.05) is 16.9 Å². The van der Waals surface area contributed by atoms with Gasteiger partial charge in [0.05, 0.1) is 13.3 Å². The van der Waals surface area contributed by atoms with E-state index in [-0.39, 0.29) is 0 Å². The lowest BCUT2D eigenvalue weighted by Gasteiger charge is -2.13. The smallest absolute Gasteiger partial charge is 0.216 e. The highest BCUT2D eigenvalue weighted by Crippen LogP contribution is 2.31. The maximum absolute atomic E-state index is 6.09. The number of hydrogen-bond donors (Lipinski definition) is 1. The van der Waals surface area contributed by atoms with Crippen molar-refractivity contribution >= 4 is 29.8 Å². The lowest BCUT2D eigenvalue weighted by Crippen LogP contribution is -2.03. The van der Waals surface area contributed by atoms with Crippen LogP contribution in [0.25, 0.3) is 0 Å². The van der Waals surface area contributed by atoms with Crippen molar-refractivity contribution in [2.75, 3.05) is 7.11 Å². The quantitative estimate of drug-likeness (QED) is 0.310. The van der Waals surface area contributed by atoms with E-state index in [1.54, 1.807) is 29.3 Å². The maximum Gasteiger partial charge on any atom is 0.216 e. The Morgan fingerprint density at radius 1 is 1.13 bits per heavy atom. The highest BCUT2D eigenvalue weighted by atomic mass is 32.1. The van der Waals surface area contributed by atoms with Gasteiger partial charge in [0.25, 0.3) is 0 Å². The van der Waals surface area contributed by atoms with Crippen molar-refractivity contribution in [1.82, 2.24) is 14.9 Å². The molecule has 8 heteroatoms. The van der Waals surface area contributed by atoms with E-state index in [1.807, 2.05) is 60.0 Å². The summed E-state index contributed by atoms with van der Waals surface area (Å²) in [5.74, 6) is 2.01. The molecule has 0 atom stereocenters. The van der Waals surface area contributed by atoms with Crippen LogP contribution >= 0.6 is 23.6 Å². The van der Waals surface area contributed by atoms with E-state index >= 15 is 0 Å². The highest BCUT2D eigenvalue weighted by Gasteiger charge is 2.11. The molecule has 30 heavy (non-hydrogen) atoms. The Hall–Kier alpha value is -3.23. The first-order valence-corrected chi connectivity index (χ1v) is 10.6. The van der Waals surface area contributed by atoms with Gasteiger partial charge in [-0.3, -0.25) is 5.10 Å². The monoisotopic (exact) mass is 436 g/mol. The van der Waals surface area contributed by atoms with Gasteiger partial charge in [-0.1, -0.05) is 42.5 Å². The van der Waals surface area contributed by atoms with Crippen LogP contribution < -0.4 is 9.47 Å². The molecule has 4 aromatic rings. The Kier molecular flexibility index (Phi) is 6.36. The average molecular weight is 437 g/mol. The summed E-state index contributed by atoms with van der Waals surface area (Å²) >= 11 is 7.03. The molecular weight excluding hydrogens is 416 g/mol. The zero-order valence-electron chi connectivity index (χ0n) is 16.3. The molecular formula is C22H20N4O2S2. The van der Waals surface area contributed by atoms with Gasteiger partial charge in [0.2, 0.25) is 4.77 Å². The van der Waals surface area contributed by atoms with Crippen molar-refractivity contribution in [3.63, 3.8) is 0 Å². The molecule has 0 aliphatic rings. The Bertz CT molecular complexity index is 1180. The molecule has 1 N–H and O–H groups in total. The lowest BCUT2D eigenvalue weighted by molar-refractivity contribution is 0.284. The van der Waals surface area contributed by atoms with Gasteiger partial charge in [0.1, 0.15) is 6.61 Å². The van der Waals surface area contributed by atoms with Crippen molar-refractivity contribution in [3.8, 4) is 11.5 Å². The fraction of sp³-hybridized carbons (Fsp3) is 0.136. The fourth-order valence-corrected chi connectivity index (χ4v) is 3.83. The van der Waals surface area contributed by atoms with Crippen LogP contribution in [0.1, 0.15) is 21.8 Å². The number of nitrogens with one attached hydrogen (secondary N) is 1. The van der Waals surface area contributed by atoms with Crippen LogP contribution in [0.3, 0.4) is 0 Å². The summed E-state index contributed by atoms with van der Waals surface area (Å²) in [6, 6.07) is 19.8. The van der Waals surface area contributed by atoms with Gasteiger partial charge in [-0.2, -0.15) is 14.9 Å². The van der Waals surface area contributed by atoms with Crippen LogP contribution in [0.5, 0.6) is 11.5 Å². The summed E-state index contributed by atoms with van der Waals surface area (Å²) in [6.45, 7) is 0.427. The molecule has 0 amide bonds. The number of thiophene rings is 1. The molecule has 2 heterocycles. The third-order valence-corrected chi connectivity index (χ3v) is 5.54. The van der Waals surface area contributed by atoms with E-state index in [0.29, 0.717) is 29.3 Å². The minimum absolute atomic E-state index is 0.427. The van der Waals surface area contributed by atoms with Gasteiger partial charge in [-0.05, 0) is 41.4 Å². The summed E-state index contributed by atoms with van der Waals surface area (Å²) in [7, 11) is 1.62. The third-order valence-electron chi connectivity index (χ3n) is 4.40. The third kappa shape index (κ3) is 4.67. The molecule has 0 saturated heterocycles. The highest BCUT2D eigenvalue weighted by molar-refractivity contribution is 7.71. The summed E-state index contributed by atoms with van der Waals surface area (Å²) in [5, 5.41) is 13.7. The second-order valence-electron chi connectivity index (χ2n) is 6.41. The predicted octanol–water partition coefficient (Wildman–Crippen LogP) is 5.06. The molecule has 0 fully saturated rings. The number of benzene rings is 2. The Morgan fingerprint density at radius 3 is 2.77 bits per heavy atom. The number of methoxy groups -OCH3 is 1. The van der Waals surface area contributed by atoms with Crippen molar-refractivity contribution in [1.29, 1.82) is 0 Å². The molecule has 0 aliphatic heterocycles. The second-order valence-corrected chi connectivity index (χ2v) is 7.83. The largest absolute Gasteiger partial charge is 0.493 e. The molecule has 0 radical (unpaired) electrons. The number of hydrogen-bond acceptors (Lipinski definition) is 6. The summed E-state index contributed by atoms with van der Waals surface area (Å²) in [5.41, 5.74) is 1.86. The predicted molar refractivity (Wildman–Crippen MR) is 121 cm³/mol. The zero-order valence-corrected chi connectivity index (χ0v) is 18.0.